The second-order valence-electron chi connectivity index (χ2n) is 26.5. The van der Waals surface area contributed by atoms with Gasteiger partial charge in [0.05, 0.1) is 5.41 Å². The van der Waals surface area contributed by atoms with Gasteiger partial charge < -0.3 is 9.47 Å². The zero-order valence-corrected chi connectivity index (χ0v) is 47.4. The van der Waals surface area contributed by atoms with Crippen molar-refractivity contribution < 1.29 is 9.47 Å². The van der Waals surface area contributed by atoms with Crippen molar-refractivity contribution in [2.45, 2.75) is 116 Å². The predicted octanol–water partition coefficient (Wildman–Crippen LogP) is 20.9. The van der Waals surface area contributed by atoms with Gasteiger partial charge in [0.1, 0.15) is 23.0 Å². The molecule has 386 valence electrons. The number of benzene rings is 11. The molecule has 1 spiro atoms. The Labute approximate surface area is 461 Å². The van der Waals surface area contributed by atoms with Crippen LogP contribution in [0.4, 0.5) is 0 Å². The van der Waals surface area contributed by atoms with Crippen LogP contribution in [0.2, 0.25) is 0 Å². The van der Waals surface area contributed by atoms with Crippen molar-refractivity contribution in [3.05, 3.63) is 261 Å². The third-order valence-electron chi connectivity index (χ3n) is 17.3. The molecule has 0 atom stereocenters. The molecule has 2 heterocycles. The zero-order valence-electron chi connectivity index (χ0n) is 47.4. The standard InChI is InChI=1S/C41H36O.C35H34O/c1-39(2,3)27-17-19-29-25(23-27)15-21-35-37(29)41(33-13-9-7-11-31(33)32-12-8-10-14-34(32)41)38-30-20-18-28(40(4,5)6)24-26(30)16-22-36(38)42-35;1-34(2,3)25-14-16-27-23(20-25)12-18-29-32(27)31(22-10-8-7-9-11-22)33-28-17-15-26(35(4,5)6)21-24(28)13-19-30(33)36-29/h7-24H,1-6H3;7-21,31H,1-6H3. The minimum atomic E-state index is -0.512. The van der Waals surface area contributed by atoms with E-state index in [1.54, 1.807) is 0 Å². The van der Waals surface area contributed by atoms with Gasteiger partial charge in [-0.1, -0.05) is 259 Å². The summed E-state index contributed by atoms with van der Waals surface area (Å²) in [5, 5.41) is 10.1. The summed E-state index contributed by atoms with van der Waals surface area (Å²) < 4.78 is 13.5. The lowest BCUT2D eigenvalue weighted by molar-refractivity contribution is 0.440. The Balaban J connectivity index is 0.000000150. The lowest BCUT2D eigenvalue weighted by Crippen LogP contribution is -2.33. The van der Waals surface area contributed by atoms with E-state index in [0.717, 1.165) is 23.0 Å². The molecule has 1 aliphatic carbocycles. The van der Waals surface area contributed by atoms with Gasteiger partial charge in [0, 0.05) is 28.2 Å². The fraction of sp³-hybridized carbons (Fsp3) is 0.237. The molecule has 0 aromatic heterocycles. The molecular weight excluding hydrogens is 945 g/mol. The molecule has 0 saturated heterocycles. The van der Waals surface area contributed by atoms with Crippen LogP contribution in [0.15, 0.2) is 200 Å². The van der Waals surface area contributed by atoms with E-state index in [4.69, 9.17) is 9.47 Å². The Morgan fingerprint density at radius 2 is 0.628 bits per heavy atom. The summed E-state index contributed by atoms with van der Waals surface area (Å²) in [4.78, 5) is 0. The molecular formula is C76H70O2. The molecule has 78 heavy (non-hydrogen) atoms. The predicted molar refractivity (Wildman–Crippen MR) is 329 cm³/mol. The van der Waals surface area contributed by atoms with E-state index in [2.05, 4.69) is 283 Å². The summed E-state index contributed by atoms with van der Waals surface area (Å²) in [6.45, 7) is 27.4. The summed E-state index contributed by atoms with van der Waals surface area (Å²) in [6, 6.07) is 74.6. The van der Waals surface area contributed by atoms with Gasteiger partial charge in [-0.25, -0.2) is 0 Å². The molecule has 2 aliphatic heterocycles. The van der Waals surface area contributed by atoms with Crippen LogP contribution in [-0.4, -0.2) is 0 Å². The maximum Gasteiger partial charge on any atom is 0.132 e. The number of hydrogen-bond acceptors (Lipinski definition) is 2. The van der Waals surface area contributed by atoms with Gasteiger partial charge in [-0.2, -0.15) is 0 Å². The third-order valence-corrected chi connectivity index (χ3v) is 17.3. The smallest absolute Gasteiger partial charge is 0.132 e. The molecule has 2 heteroatoms. The molecule has 0 radical (unpaired) electrons. The molecule has 0 saturated carbocycles. The minimum absolute atomic E-state index is 0.0679. The Morgan fingerprint density at radius 1 is 0.308 bits per heavy atom. The average Bonchev–Trinajstić information content (AvgIpc) is 3.93. The molecule has 0 fully saturated rings. The summed E-state index contributed by atoms with van der Waals surface area (Å²) in [7, 11) is 0. The minimum Gasteiger partial charge on any atom is -0.457 e. The molecule has 0 amide bonds. The van der Waals surface area contributed by atoms with Gasteiger partial charge in [-0.3, -0.25) is 0 Å². The van der Waals surface area contributed by atoms with Crippen LogP contribution in [0, 0.1) is 0 Å². The van der Waals surface area contributed by atoms with E-state index < -0.39 is 5.41 Å². The largest absolute Gasteiger partial charge is 0.457 e. The van der Waals surface area contributed by atoms with Crippen molar-refractivity contribution in [1.82, 2.24) is 0 Å². The SMILES string of the molecule is CC(C)(C)c1ccc2c3c(ccc2c1)Oc1ccc2cc(C(C)(C)C)ccc2c1C31c2ccccc2-c2ccccc21.CC(C)(C)c1ccc2c3c(ccc2c1)Oc1ccc2cc(C(C)(C)C)ccc2c1C3c1ccccc1. The quantitative estimate of drug-likeness (QED) is 0.163. The highest BCUT2D eigenvalue weighted by Crippen LogP contribution is 2.65. The fourth-order valence-corrected chi connectivity index (χ4v) is 13.1. The molecule has 0 unspecified atom stereocenters. The highest BCUT2D eigenvalue weighted by atomic mass is 16.5. The summed E-state index contributed by atoms with van der Waals surface area (Å²) in [6.07, 6.45) is 0. The van der Waals surface area contributed by atoms with Crippen LogP contribution >= 0.6 is 0 Å². The van der Waals surface area contributed by atoms with E-state index in [1.807, 2.05) is 0 Å². The lowest BCUT2D eigenvalue weighted by Gasteiger charge is -2.41. The number of hydrogen-bond donors (Lipinski definition) is 0. The Hall–Kier alpha value is -7.94. The topological polar surface area (TPSA) is 18.5 Å². The van der Waals surface area contributed by atoms with E-state index in [9.17, 15) is 0 Å². The first-order chi connectivity index (χ1) is 37.2. The third kappa shape index (κ3) is 7.80. The number of fused-ring (bicyclic) bond motifs is 19. The first-order valence-corrected chi connectivity index (χ1v) is 28.1. The van der Waals surface area contributed by atoms with Gasteiger partial charge in [0.15, 0.2) is 0 Å². The molecule has 11 aromatic carbocycles. The van der Waals surface area contributed by atoms with Crippen LogP contribution in [0.3, 0.4) is 0 Å². The van der Waals surface area contributed by atoms with Crippen molar-refractivity contribution >= 4 is 43.1 Å². The maximum atomic E-state index is 6.91. The van der Waals surface area contributed by atoms with Gasteiger partial charge in [-0.05, 0) is 139 Å². The summed E-state index contributed by atoms with van der Waals surface area (Å²) in [5.74, 6) is 3.89. The van der Waals surface area contributed by atoms with Gasteiger partial charge in [-0.15, -0.1) is 0 Å². The van der Waals surface area contributed by atoms with Crippen LogP contribution < -0.4 is 9.47 Å². The highest BCUT2D eigenvalue weighted by molar-refractivity contribution is 6.03. The van der Waals surface area contributed by atoms with Crippen LogP contribution in [0.5, 0.6) is 23.0 Å². The van der Waals surface area contributed by atoms with Crippen LogP contribution in [-0.2, 0) is 27.1 Å². The molecule has 0 N–H and O–H groups in total. The molecule has 3 aliphatic rings. The van der Waals surface area contributed by atoms with Crippen LogP contribution in [0.25, 0.3) is 54.2 Å². The normalized spacial score (nSPS) is 14.4. The fourth-order valence-electron chi connectivity index (χ4n) is 13.1. The van der Waals surface area contributed by atoms with E-state index in [-0.39, 0.29) is 27.6 Å². The Kier molecular flexibility index (Phi) is 11.2. The summed E-state index contributed by atoms with van der Waals surface area (Å²) in [5.41, 5.74) is 16.8. The zero-order chi connectivity index (χ0) is 54.3. The second kappa shape index (κ2) is 17.5. The lowest BCUT2D eigenvalue weighted by atomic mass is 9.63. The number of ether oxygens (including phenoxy) is 2. The molecule has 2 nitrogen and oxygen atoms in total. The first kappa shape index (κ1) is 49.6. The molecule has 0 bridgehead atoms. The number of rotatable bonds is 1. The second-order valence-corrected chi connectivity index (χ2v) is 26.5. The van der Waals surface area contributed by atoms with Gasteiger partial charge in [0.25, 0.3) is 0 Å². The van der Waals surface area contributed by atoms with Gasteiger partial charge >= 0.3 is 0 Å². The Morgan fingerprint density at radius 3 is 1.01 bits per heavy atom. The van der Waals surface area contributed by atoms with Crippen LogP contribution in [0.1, 0.15) is 150 Å². The van der Waals surface area contributed by atoms with Crippen molar-refractivity contribution in [1.29, 1.82) is 0 Å². The monoisotopic (exact) mass is 1010 g/mol. The van der Waals surface area contributed by atoms with Gasteiger partial charge in [0.2, 0.25) is 0 Å². The molecule has 11 aromatic rings. The highest BCUT2D eigenvalue weighted by Gasteiger charge is 2.52. The van der Waals surface area contributed by atoms with E-state index in [0.29, 0.717) is 0 Å². The van der Waals surface area contributed by atoms with Crippen molar-refractivity contribution in [3.63, 3.8) is 0 Å². The van der Waals surface area contributed by atoms with E-state index in [1.165, 1.54) is 115 Å². The molecule has 14 rings (SSSR count). The average molecular weight is 1020 g/mol. The van der Waals surface area contributed by atoms with Crippen molar-refractivity contribution in [2.24, 2.45) is 0 Å². The van der Waals surface area contributed by atoms with E-state index >= 15 is 0 Å². The van der Waals surface area contributed by atoms with Crippen molar-refractivity contribution in [3.8, 4) is 34.1 Å². The Bertz CT molecular complexity index is 3980. The first-order valence-electron chi connectivity index (χ1n) is 28.1. The summed E-state index contributed by atoms with van der Waals surface area (Å²) >= 11 is 0. The maximum absolute atomic E-state index is 6.91. The van der Waals surface area contributed by atoms with Crippen molar-refractivity contribution in [2.75, 3.05) is 0 Å².